The maximum Gasteiger partial charge on any atom is 0.305 e. The Labute approximate surface area is 88.0 Å². The summed E-state index contributed by atoms with van der Waals surface area (Å²) in [6.45, 7) is 5.47. The van der Waals surface area contributed by atoms with Crippen LogP contribution < -0.4 is 0 Å². The molecule has 1 unspecified atom stereocenters. The monoisotopic (exact) mass is 217 g/mol. The molecule has 0 aliphatic carbocycles. The first kappa shape index (κ1) is 13.4. The lowest BCUT2D eigenvalue weighted by atomic mass is 10.1. The third kappa shape index (κ3) is 7.48. The topological polar surface area (TPSA) is 78.7 Å². The van der Waals surface area contributed by atoms with Gasteiger partial charge in [0, 0.05) is 6.42 Å². The molecule has 0 aliphatic rings. The van der Waals surface area contributed by atoms with Gasteiger partial charge in [-0.15, -0.1) is 16.7 Å². The minimum Gasteiger partial charge on any atom is -0.466 e. The Hall–Kier alpha value is -1.59. The van der Waals surface area contributed by atoms with Gasteiger partial charge in [-0.1, -0.05) is 6.08 Å². The zero-order valence-corrected chi connectivity index (χ0v) is 8.68. The van der Waals surface area contributed by atoms with Crippen LogP contribution in [0.1, 0.15) is 26.2 Å². The molecule has 6 nitrogen and oxygen atoms in total. The molecule has 0 aromatic rings. The Morgan fingerprint density at radius 3 is 2.80 bits per heavy atom. The van der Waals surface area contributed by atoms with Crippen molar-refractivity contribution in [3.05, 3.63) is 22.8 Å². The van der Waals surface area contributed by atoms with Crippen molar-refractivity contribution in [1.82, 2.24) is 0 Å². The second-order valence-electron chi connectivity index (χ2n) is 2.80. The van der Waals surface area contributed by atoms with Crippen molar-refractivity contribution in [1.29, 1.82) is 0 Å². The van der Waals surface area contributed by atoms with Crippen LogP contribution in [-0.4, -0.2) is 23.8 Å². The molecule has 86 valence electrons. The van der Waals surface area contributed by atoms with Crippen LogP contribution >= 0.6 is 0 Å². The maximum atomic E-state index is 10.9. The average molecular weight is 217 g/mol. The van der Waals surface area contributed by atoms with Crippen LogP contribution in [0.3, 0.4) is 0 Å². The van der Waals surface area contributed by atoms with Gasteiger partial charge in [-0.25, -0.2) is 0 Å². The lowest BCUT2D eigenvalue weighted by molar-refractivity contribution is -0.765. The summed E-state index contributed by atoms with van der Waals surface area (Å²) in [5.41, 5.74) is 0. The number of nitrogens with zero attached hydrogens (tertiary/aromatic N) is 1. The lowest BCUT2D eigenvalue weighted by Gasteiger charge is -2.09. The van der Waals surface area contributed by atoms with E-state index in [4.69, 9.17) is 4.74 Å². The van der Waals surface area contributed by atoms with Gasteiger partial charge >= 0.3 is 5.97 Å². The number of hydrogen-bond donors (Lipinski definition) is 0. The van der Waals surface area contributed by atoms with E-state index >= 15 is 0 Å². The third-order valence-electron chi connectivity index (χ3n) is 1.66. The van der Waals surface area contributed by atoms with Gasteiger partial charge in [0.05, 0.1) is 6.61 Å². The number of hydrogen-bond acceptors (Lipinski definition) is 5. The summed E-state index contributed by atoms with van der Waals surface area (Å²) >= 11 is 0. The average Bonchev–Trinajstić information content (AvgIpc) is 2.16. The van der Waals surface area contributed by atoms with E-state index < -0.39 is 11.2 Å². The van der Waals surface area contributed by atoms with E-state index in [-0.39, 0.29) is 12.4 Å². The van der Waals surface area contributed by atoms with E-state index in [0.29, 0.717) is 19.4 Å². The first-order valence-electron chi connectivity index (χ1n) is 4.69. The van der Waals surface area contributed by atoms with E-state index in [1.54, 1.807) is 6.92 Å². The summed E-state index contributed by atoms with van der Waals surface area (Å²) in [4.78, 5) is 25.2. The molecule has 0 aromatic heterocycles. The molecular weight excluding hydrogens is 202 g/mol. The summed E-state index contributed by atoms with van der Waals surface area (Å²) in [6, 6.07) is 0. The van der Waals surface area contributed by atoms with Crippen molar-refractivity contribution in [2.75, 3.05) is 6.61 Å². The van der Waals surface area contributed by atoms with Crippen molar-refractivity contribution in [3.63, 3.8) is 0 Å². The van der Waals surface area contributed by atoms with Crippen LogP contribution in [0.2, 0.25) is 0 Å². The van der Waals surface area contributed by atoms with Crippen LogP contribution in [0.15, 0.2) is 12.7 Å². The van der Waals surface area contributed by atoms with Crippen molar-refractivity contribution < 1.29 is 19.5 Å². The molecule has 0 rings (SSSR count). The van der Waals surface area contributed by atoms with Crippen LogP contribution in [0.25, 0.3) is 0 Å². The van der Waals surface area contributed by atoms with E-state index in [2.05, 4.69) is 11.4 Å². The standard InChI is InChI=1S/C9H15NO5/c1-3-8(15-10(12)13)6-5-7-9(11)14-4-2/h3,8H,1,4-7H2,2H3. The second-order valence-corrected chi connectivity index (χ2v) is 2.80. The largest absolute Gasteiger partial charge is 0.466 e. The summed E-state index contributed by atoms with van der Waals surface area (Å²) < 4.78 is 4.70. The zero-order valence-electron chi connectivity index (χ0n) is 8.68. The van der Waals surface area contributed by atoms with Gasteiger partial charge in [0.15, 0.2) is 0 Å². The van der Waals surface area contributed by atoms with Crippen LogP contribution in [0.5, 0.6) is 0 Å². The van der Waals surface area contributed by atoms with E-state index in [0.717, 1.165) is 0 Å². The number of carbonyl (C=O) groups is 1. The molecular formula is C9H15NO5. The van der Waals surface area contributed by atoms with Crippen molar-refractivity contribution >= 4 is 5.97 Å². The van der Waals surface area contributed by atoms with Gasteiger partial charge < -0.3 is 9.57 Å². The normalized spacial score (nSPS) is 11.5. The van der Waals surface area contributed by atoms with Gasteiger partial charge in [-0.2, -0.15) is 0 Å². The predicted molar refractivity (Wildman–Crippen MR) is 52.5 cm³/mol. The third-order valence-corrected chi connectivity index (χ3v) is 1.66. The van der Waals surface area contributed by atoms with Crippen molar-refractivity contribution in [2.45, 2.75) is 32.3 Å². The SMILES string of the molecule is C=CC(CCCC(=O)OCC)O[N+](=O)[O-]. The molecule has 0 saturated heterocycles. The van der Waals surface area contributed by atoms with Gasteiger partial charge in [0.2, 0.25) is 0 Å². The summed E-state index contributed by atoms with van der Waals surface area (Å²) in [7, 11) is 0. The Bertz CT molecular complexity index is 229. The molecule has 0 bridgehead atoms. The number of rotatable bonds is 8. The van der Waals surface area contributed by atoms with E-state index in [9.17, 15) is 14.9 Å². The Balaban J connectivity index is 3.67. The summed E-state index contributed by atoms with van der Waals surface area (Å²) in [5.74, 6) is -0.304. The summed E-state index contributed by atoms with van der Waals surface area (Å²) in [5, 5.41) is 9.15. The quantitative estimate of drug-likeness (QED) is 0.266. The molecule has 6 heteroatoms. The van der Waals surface area contributed by atoms with Gasteiger partial charge in [0.25, 0.3) is 5.09 Å². The highest BCUT2D eigenvalue weighted by molar-refractivity contribution is 5.69. The molecule has 0 fully saturated rings. The number of ether oxygens (including phenoxy) is 1. The molecule has 0 N–H and O–H groups in total. The molecule has 0 amide bonds. The van der Waals surface area contributed by atoms with Gasteiger partial charge in [0.1, 0.15) is 6.10 Å². The molecule has 0 radical (unpaired) electrons. The molecule has 15 heavy (non-hydrogen) atoms. The predicted octanol–water partition coefficient (Wildman–Crippen LogP) is 1.48. The highest BCUT2D eigenvalue weighted by Gasteiger charge is 2.10. The molecule has 0 heterocycles. The summed E-state index contributed by atoms with van der Waals surface area (Å²) in [6.07, 6.45) is 1.77. The Morgan fingerprint density at radius 1 is 1.67 bits per heavy atom. The molecule has 0 saturated carbocycles. The molecule has 1 atom stereocenters. The number of esters is 1. The van der Waals surface area contributed by atoms with Crippen molar-refractivity contribution in [3.8, 4) is 0 Å². The van der Waals surface area contributed by atoms with Crippen LogP contribution in [-0.2, 0) is 14.4 Å². The molecule has 0 spiro atoms. The zero-order chi connectivity index (χ0) is 11.7. The fraction of sp³-hybridized carbons (Fsp3) is 0.667. The molecule has 0 aliphatic heterocycles. The Morgan fingerprint density at radius 2 is 2.33 bits per heavy atom. The maximum absolute atomic E-state index is 10.9. The van der Waals surface area contributed by atoms with Crippen LogP contribution in [0.4, 0.5) is 0 Å². The second kappa shape index (κ2) is 7.78. The first-order chi connectivity index (χ1) is 7.10. The number of carbonyl (C=O) groups excluding carboxylic acids is 1. The van der Waals surface area contributed by atoms with Crippen LogP contribution in [0, 0.1) is 10.1 Å². The minimum atomic E-state index is -0.864. The highest BCUT2D eigenvalue weighted by atomic mass is 17.0. The van der Waals surface area contributed by atoms with E-state index in [1.165, 1.54) is 6.08 Å². The first-order valence-corrected chi connectivity index (χ1v) is 4.69. The lowest BCUT2D eigenvalue weighted by Crippen LogP contribution is -2.15. The fourth-order valence-electron chi connectivity index (χ4n) is 1.00. The molecule has 0 aromatic carbocycles. The van der Waals surface area contributed by atoms with E-state index in [1.807, 2.05) is 0 Å². The Kier molecular flexibility index (Phi) is 6.96. The van der Waals surface area contributed by atoms with Crippen molar-refractivity contribution in [2.24, 2.45) is 0 Å². The minimum absolute atomic E-state index is 0.235. The smallest absolute Gasteiger partial charge is 0.305 e. The van der Waals surface area contributed by atoms with Gasteiger partial charge in [-0.05, 0) is 19.8 Å². The van der Waals surface area contributed by atoms with Gasteiger partial charge in [-0.3, -0.25) is 4.79 Å². The highest BCUT2D eigenvalue weighted by Crippen LogP contribution is 2.06. The fourth-order valence-corrected chi connectivity index (χ4v) is 1.00.